The van der Waals surface area contributed by atoms with Crippen LogP contribution in [0.15, 0.2) is 12.7 Å². The smallest absolute Gasteiger partial charge is 0.248 e. The van der Waals surface area contributed by atoms with Crippen LogP contribution in [0.3, 0.4) is 0 Å². The molecule has 0 aromatic carbocycles. The van der Waals surface area contributed by atoms with Gasteiger partial charge in [0.2, 0.25) is 11.8 Å². The lowest BCUT2D eigenvalue weighted by Gasteiger charge is -2.23. The molecule has 0 radical (unpaired) electrons. The van der Waals surface area contributed by atoms with E-state index in [-0.39, 0.29) is 11.8 Å². The van der Waals surface area contributed by atoms with Gasteiger partial charge in [-0.15, -0.1) is 10.2 Å². The normalized spacial score (nSPS) is 18.0. The predicted octanol–water partition coefficient (Wildman–Crippen LogP) is -0.547. The lowest BCUT2D eigenvalue weighted by Crippen LogP contribution is -2.47. The van der Waals surface area contributed by atoms with Crippen LogP contribution < -0.4 is 5.01 Å². The van der Waals surface area contributed by atoms with Crippen molar-refractivity contribution in [1.82, 2.24) is 14.9 Å². The van der Waals surface area contributed by atoms with Gasteiger partial charge in [0.05, 0.1) is 0 Å². The quantitative estimate of drug-likeness (QED) is 0.544. The maximum Gasteiger partial charge on any atom is 0.248 e. The van der Waals surface area contributed by atoms with E-state index in [4.69, 9.17) is 0 Å². The molecule has 1 fully saturated rings. The van der Waals surface area contributed by atoms with Gasteiger partial charge in [-0.3, -0.25) is 9.59 Å². The highest BCUT2D eigenvalue weighted by molar-refractivity contribution is 6.09. The predicted molar refractivity (Wildman–Crippen MR) is 42.1 cm³/mol. The second kappa shape index (κ2) is 2.96. The molecule has 6 nitrogen and oxygen atoms in total. The Morgan fingerprint density at radius 1 is 1.08 bits per heavy atom. The fraction of sp³-hybridized carbons (Fsp3) is 0.429. The topological polar surface area (TPSA) is 68.1 Å². The molecule has 2 rings (SSSR count). The molecule has 68 valence electrons. The molecule has 13 heavy (non-hydrogen) atoms. The Bertz CT molecular complexity index is 316. The van der Waals surface area contributed by atoms with Crippen molar-refractivity contribution in [3.8, 4) is 0 Å². The van der Waals surface area contributed by atoms with Crippen LogP contribution in [0.25, 0.3) is 0 Å². The number of aromatic nitrogens is 3. The van der Waals surface area contributed by atoms with Crippen molar-refractivity contribution in [3.05, 3.63) is 12.7 Å². The molecule has 0 spiro atoms. The Hall–Kier alpha value is -1.72. The minimum atomic E-state index is -0.198. The van der Waals surface area contributed by atoms with E-state index < -0.39 is 0 Å². The summed E-state index contributed by atoms with van der Waals surface area (Å²) < 4.78 is 1.31. The summed E-state index contributed by atoms with van der Waals surface area (Å²) in [6.45, 7) is 0. The largest absolute Gasteiger partial charge is 0.273 e. The average molecular weight is 180 g/mol. The summed E-state index contributed by atoms with van der Waals surface area (Å²) in [5.41, 5.74) is 0. The van der Waals surface area contributed by atoms with Crippen LogP contribution in [0.1, 0.15) is 19.3 Å². The van der Waals surface area contributed by atoms with E-state index in [9.17, 15) is 9.59 Å². The highest BCUT2D eigenvalue weighted by atomic mass is 16.2. The Balaban J connectivity index is 2.29. The molecule has 6 heteroatoms. The number of rotatable bonds is 1. The zero-order valence-corrected chi connectivity index (χ0v) is 6.88. The van der Waals surface area contributed by atoms with Gasteiger partial charge in [-0.1, -0.05) is 0 Å². The summed E-state index contributed by atoms with van der Waals surface area (Å²) in [5.74, 6) is -0.396. The van der Waals surface area contributed by atoms with Crippen molar-refractivity contribution >= 4 is 11.8 Å². The Kier molecular flexibility index (Phi) is 1.80. The lowest BCUT2D eigenvalue weighted by molar-refractivity contribution is -0.131. The summed E-state index contributed by atoms with van der Waals surface area (Å²) in [7, 11) is 0. The van der Waals surface area contributed by atoms with Gasteiger partial charge >= 0.3 is 0 Å². The first-order valence-electron chi connectivity index (χ1n) is 4.00. The summed E-state index contributed by atoms with van der Waals surface area (Å²) in [6, 6.07) is 0. The van der Waals surface area contributed by atoms with Crippen LogP contribution in [0.4, 0.5) is 0 Å². The standard InChI is InChI=1S/C7H8N4O2/c12-6-2-1-3-7(13)11(6)10-4-8-9-5-10/h4-5H,1-3H2. The first-order chi connectivity index (χ1) is 6.29. The Labute approximate surface area is 74.1 Å². The summed E-state index contributed by atoms with van der Waals surface area (Å²) in [5, 5.41) is 8.14. The van der Waals surface area contributed by atoms with Crippen LogP contribution in [-0.4, -0.2) is 26.7 Å². The van der Waals surface area contributed by atoms with Gasteiger partial charge in [0.15, 0.2) is 0 Å². The minimum Gasteiger partial charge on any atom is -0.273 e. The monoisotopic (exact) mass is 180 g/mol. The second-order valence-electron chi connectivity index (χ2n) is 2.79. The molecule has 1 aromatic rings. The fourth-order valence-electron chi connectivity index (χ4n) is 1.30. The van der Waals surface area contributed by atoms with Crippen LogP contribution in [0.2, 0.25) is 0 Å². The van der Waals surface area contributed by atoms with E-state index in [0.717, 1.165) is 5.01 Å². The molecule has 1 aliphatic rings. The van der Waals surface area contributed by atoms with E-state index in [2.05, 4.69) is 10.2 Å². The molecule has 0 saturated carbocycles. The fourth-order valence-corrected chi connectivity index (χ4v) is 1.30. The third-order valence-electron chi connectivity index (χ3n) is 1.89. The molecule has 0 aliphatic carbocycles. The molecule has 2 heterocycles. The number of imide groups is 1. The number of carbonyl (C=O) groups is 2. The van der Waals surface area contributed by atoms with Crippen molar-refractivity contribution < 1.29 is 9.59 Å². The number of hydrogen-bond acceptors (Lipinski definition) is 4. The first-order valence-corrected chi connectivity index (χ1v) is 4.00. The molecule has 0 unspecified atom stereocenters. The molecule has 0 bridgehead atoms. The third-order valence-corrected chi connectivity index (χ3v) is 1.89. The van der Waals surface area contributed by atoms with Gasteiger partial charge < -0.3 is 0 Å². The number of nitrogens with zero attached hydrogens (tertiary/aromatic N) is 4. The second-order valence-corrected chi connectivity index (χ2v) is 2.79. The van der Waals surface area contributed by atoms with E-state index in [0.29, 0.717) is 19.3 Å². The molecule has 1 aliphatic heterocycles. The zero-order chi connectivity index (χ0) is 9.26. The molecular formula is C7H8N4O2. The maximum absolute atomic E-state index is 11.3. The highest BCUT2D eigenvalue weighted by Gasteiger charge is 2.27. The van der Waals surface area contributed by atoms with E-state index in [1.54, 1.807) is 0 Å². The van der Waals surface area contributed by atoms with Crippen molar-refractivity contribution in [2.75, 3.05) is 5.01 Å². The number of piperidine rings is 1. The van der Waals surface area contributed by atoms with Crippen LogP contribution in [0.5, 0.6) is 0 Å². The SMILES string of the molecule is O=C1CCCC(=O)N1n1cnnc1. The van der Waals surface area contributed by atoms with Gasteiger partial charge in [-0.05, 0) is 6.42 Å². The number of carbonyl (C=O) groups excluding carboxylic acids is 2. The lowest BCUT2D eigenvalue weighted by atomic mass is 10.1. The van der Waals surface area contributed by atoms with Gasteiger partial charge in [0.1, 0.15) is 12.7 Å². The molecule has 0 N–H and O–H groups in total. The minimum absolute atomic E-state index is 0.198. The Morgan fingerprint density at radius 2 is 1.62 bits per heavy atom. The van der Waals surface area contributed by atoms with Crippen LogP contribution in [0, 0.1) is 0 Å². The van der Waals surface area contributed by atoms with Crippen molar-refractivity contribution in [2.45, 2.75) is 19.3 Å². The van der Waals surface area contributed by atoms with Gasteiger partial charge in [-0.2, -0.15) is 5.01 Å². The Morgan fingerprint density at radius 3 is 2.15 bits per heavy atom. The number of hydrogen-bond donors (Lipinski definition) is 0. The van der Waals surface area contributed by atoms with Crippen molar-refractivity contribution in [3.63, 3.8) is 0 Å². The highest BCUT2D eigenvalue weighted by Crippen LogP contribution is 2.10. The molecule has 1 saturated heterocycles. The van der Waals surface area contributed by atoms with Crippen molar-refractivity contribution in [2.24, 2.45) is 0 Å². The summed E-state index contributed by atoms with van der Waals surface area (Å²) in [6.07, 6.45) is 4.12. The first kappa shape index (κ1) is 7.90. The summed E-state index contributed by atoms with van der Waals surface area (Å²) >= 11 is 0. The van der Waals surface area contributed by atoms with Crippen LogP contribution >= 0.6 is 0 Å². The van der Waals surface area contributed by atoms with E-state index in [1.165, 1.54) is 17.3 Å². The van der Waals surface area contributed by atoms with E-state index in [1.807, 2.05) is 0 Å². The molecular weight excluding hydrogens is 172 g/mol. The van der Waals surface area contributed by atoms with E-state index >= 15 is 0 Å². The molecule has 1 aromatic heterocycles. The molecule has 2 amide bonds. The summed E-state index contributed by atoms with van der Waals surface area (Å²) in [4.78, 5) is 22.7. The van der Waals surface area contributed by atoms with Gasteiger partial charge in [0, 0.05) is 12.8 Å². The number of amides is 2. The average Bonchev–Trinajstić information content (AvgIpc) is 2.57. The third kappa shape index (κ3) is 1.30. The zero-order valence-electron chi connectivity index (χ0n) is 6.88. The van der Waals surface area contributed by atoms with Gasteiger partial charge in [-0.25, -0.2) is 4.68 Å². The van der Waals surface area contributed by atoms with Crippen LogP contribution in [-0.2, 0) is 9.59 Å². The van der Waals surface area contributed by atoms with Crippen molar-refractivity contribution in [1.29, 1.82) is 0 Å². The maximum atomic E-state index is 11.3. The molecule has 0 atom stereocenters. The van der Waals surface area contributed by atoms with Gasteiger partial charge in [0.25, 0.3) is 0 Å².